The van der Waals surface area contributed by atoms with Crippen LogP contribution in [0.25, 0.3) is 11.3 Å². The highest BCUT2D eigenvalue weighted by Gasteiger charge is 2.09. The molecule has 0 spiro atoms. The van der Waals surface area contributed by atoms with E-state index in [4.69, 9.17) is 27.9 Å². The molecule has 0 radical (unpaired) electrons. The Balaban J connectivity index is 1.74. The van der Waals surface area contributed by atoms with Gasteiger partial charge in [-0.05, 0) is 23.8 Å². The lowest BCUT2D eigenvalue weighted by atomic mass is 10.1. The normalized spacial score (nSPS) is 10.5. The van der Waals surface area contributed by atoms with E-state index in [0.717, 1.165) is 5.56 Å². The Morgan fingerprint density at radius 3 is 2.22 bits per heavy atom. The van der Waals surface area contributed by atoms with E-state index in [9.17, 15) is 5.11 Å². The molecule has 1 N–H and O–H groups in total. The van der Waals surface area contributed by atoms with Crippen LogP contribution in [0, 0.1) is 0 Å². The van der Waals surface area contributed by atoms with Crippen LogP contribution in [0.2, 0.25) is 10.0 Å². The molecule has 0 amide bonds. The molecule has 0 aliphatic heterocycles. The van der Waals surface area contributed by atoms with Gasteiger partial charge in [0, 0.05) is 11.6 Å². The molecule has 0 saturated heterocycles. The molecule has 0 bridgehead atoms. The number of rotatable bonds is 4. The third-order valence-electron chi connectivity index (χ3n) is 3.18. The van der Waals surface area contributed by atoms with Crippen LogP contribution in [0.5, 0.6) is 11.6 Å². The zero-order valence-electron chi connectivity index (χ0n) is 11.9. The number of aromatic nitrogens is 2. The van der Waals surface area contributed by atoms with Gasteiger partial charge in [0.05, 0.1) is 15.7 Å². The minimum Gasteiger partial charge on any atom is -0.505 e. The second kappa shape index (κ2) is 6.86. The summed E-state index contributed by atoms with van der Waals surface area (Å²) in [4.78, 5) is 0. The summed E-state index contributed by atoms with van der Waals surface area (Å²) in [5, 5.41) is 18.0. The Morgan fingerprint density at radius 2 is 1.61 bits per heavy atom. The number of hydrogen-bond acceptors (Lipinski definition) is 4. The number of nitrogens with zero attached hydrogens (tertiary/aromatic N) is 2. The van der Waals surface area contributed by atoms with Crippen molar-refractivity contribution in [2.75, 3.05) is 0 Å². The second-order valence-corrected chi connectivity index (χ2v) is 5.63. The first-order valence-corrected chi connectivity index (χ1v) is 7.58. The highest BCUT2D eigenvalue weighted by atomic mass is 35.5. The first-order valence-electron chi connectivity index (χ1n) is 6.82. The topological polar surface area (TPSA) is 55.2 Å². The van der Waals surface area contributed by atoms with Gasteiger partial charge in [0.1, 0.15) is 6.61 Å². The average Bonchev–Trinajstić information content (AvgIpc) is 2.59. The van der Waals surface area contributed by atoms with Gasteiger partial charge in [-0.25, -0.2) is 0 Å². The lowest BCUT2D eigenvalue weighted by Gasteiger charge is -2.07. The number of phenols is 1. The molecule has 23 heavy (non-hydrogen) atoms. The van der Waals surface area contributed by atoms with Crippen LogP contribution in [0.4, 0.5) is 0 Å². The molecule has 0 fully saturated rings. The van der Waals surface area contributed by atoms with Gasteiger partial charge >= 0.3 is 0 Å². The van der Waals surface area contributed by atoms with Crippen LogP contribution < -0.4 is 4.74 Å². The fourth-order valence-corrected chi connectivity index (χ4v) is 2.48. The lowest BCUT2D eigenvalue weighted by molar-refractivity contribution is 0.290. The van der Waals surface area contributed by atoms with Gasteiger partial charge in [0.2, 0.25) is 5.88 Å². The van der Waals surface area contributed by atoms with Crippen molar-refractivity contribution in [1.29, 1.82) is 0 Å². The van der Waals surface area contributed by atoms with Crippen molar-refractivity contribution in [3.63, 3.8) is 0 Å². The Morgan fingerprint density at radius 1 is 0.913 bits per heavy atom. The summed E-state index contributed by atoms with van der Waals surface area (Å²) in [6.45, 7) is 0.422. The molecule has 1 aromatic heterocycles. The number of benzene rings is 2. The van der Waals surface area contributed by atoms with Crippen molar-refractivity contribution in [2.45, 2.75) is 6.61 Å². The van der Waals surface area contributed by atoms with Gasteiger partial charge in [-0.3, -0.25) is 0 Å². The zero-order chi connectivity index (χ0) is 16.2. The zero-order valence-corrected chi connectivity index (χ0v) is 13.4. The van der Waals surface area contributed by atoms with Crippen molar-refractivity contribution in [3.8, 4) is 22.9 Å². The summed E-state index contributed by atoms with van der Waals surface area (Å²) < 4.78 is 5.58. The van der Waals surface area contributed by atoms with Crippen LogP contribution in [-0.4, -0.2) is 15.3 Å². The number of phenolic OH excluding ortho intramolecular Hbond substituents is 1. The van der Waals surface area contributed by atoms with Crippen molar-refractivity contribution in [2.24, 2.45) is 0 Å². The predicted molar refractivity (Wildman–Crippen MR) is 89.9 cm³/mol. The number of aromatic hydroxyl groups is 1. The summed E-state index contributed by atoms with van der Waals surface area (Å²) in [5.41, 5.74) is 2.30. The van der Waals surface area contributed by atoms with Gasteiger partial charge < -0.3 is 9.84 Å². The van der Waals surface area contributed by atoms with Crippen LogP contribution >= 0.6 is 23.2 Å². The van der Waals surface area contributed by atoms with Crippen molar-refractivity contribution >= 4 is 23.2 Å². The summed E-state index contributed by atoms with van der Waals surface area (Å²) in [5.74, 6) is 0.279. The number of hydrogen-bond donors (Lipinski definition) is 1. The minimum absolute atomic E-state index is 0.146. The third kappa shape index (κ3) is 3.73. The van der Waals surface area contributed by atoms with Gasteiger partial charge in [0.25, 0.3) is 0 Å². The van der Waals surface area contributed by atoms with E-state index in [1.807, 2.05) is 30.3 Å². The average molecular weight is 347 g/mol. The smallest absolute Gasteiger partial charge is 0.233 e. The van der Waals surface area contributed by atoms with Crippen LogP contribution in [0.1, 0.15) is 5.56 Å². The molecule has 0 saturated carbocycles. The Labute approximate surface area is 143 Å². The molecule has 4 nitrogen and oxygen atoms in total. The maximum Gasteiger partial charge on any atom is 0.233 e. The highest BCUT2D eigenvalue weighted by Crippen LogP contribution is 2.35. The van der Waals surface area contributed by atoms with E-state index in [2.05, 4.69) is 10.2 Å². The maximum atomic E-state index is 9.58. The molecule has 0 aliphatic rings. The highest BCUT2D eigenvalue weighted by molar-refractivity contribution is 6.37. The Hall–Kier alpha value is -2.30. The Kier molecular flexibility index (Phi) is 4.65. The fourth-order valence-electron chi connectivity index (χ4n) is 2.00. The summed E-state index contributed by atoms with van der Waals surface area (Å²) in [6, 6.07) is 16.4. The molecule has 2 aromatic carbocycles. The van der Waals surface area contributed by atoms with Crippen LogP contribution in [0.3, 0.4) is 0 Å². The van der Waals surface area contributed by atoms with E-state index >= 15 is 0 Å². The molecule has 0 aliphatic carbocycles. The van der Waals surface area contributed by atoms with Crippen LogP contribution in [0.15, 0.2) is 54.6 Å². The van der Waals surface area contributed by atoms with Crippen LogP contribution in [-0.2, 0) is 6.61 Å². The number of ether oxygens (including phenoxy) is 1. The van der Waals surface area contributed by atoms with E-state index in [0.29, 0.717) is 23.7 Å². The molecule has 0 atom stereocenters. The quantitative estimate of drug-likeness (QED) is 0.741. The van der Waals surface area contributed by atoms with Gasteiger partial charge in [-0.1, -0.05) is 53.5 Å². The summed E-state index contributed by atoms with van der Waals surface area (Å²) in [6.07, 6.45) is 0. The molecule has 3 rings (SSSR count). The monoisotopic (exact) mass is 346 g/mol. The molecular weight excluding hydrogens is 335 g/mol. The largest absolute Gasteiger partial charge is 0.505 e. The van der Waals surface area contributed by atoms with Gasteiger partial charge in [0.15, 0.2) is 5.75 Å². The molecule has 0 unspecified atom stereocenters. The molecule has 6 heteroatoms. The molecule has 116 valence electrons. The van der Waals surface area contributed by atoms with Crippen molar-refractivity contribution in [3.05, 3.63) is 70.2 Å². The Bertz CT molecular complexity index is 786. The van der Waals surface area contributed by atoms with Gasteiger partial charge in [-0.15, -0.1) is 10.2 Å². The SMILES string of the molecule is Oc1c(Cl)cc(-c2ccc(OCc3ccccc3)nn2)cc1Cl. The van der Waals surface area contributed by atoms with Gasteiger partial charge in [-0.2, -0.15) is 0 Å². The number of halogens is 2. The van der Waals surface area contributed by atoms with E-state index < -0.39 is 0 Å². The van der Waals surface area contributed by atoms with E-state index in [-0.39, 0.29) is 15.8 Å². The fraction of sp³-hybridized carbons (Fsp3) is 0.0588. The summed E-state index contributed by atoms with van der Waals surface area (Å²) >= 11 is 11.8. The lowest BCUT2D eigenvalue weighted by Crippen LogP contribution is -1.98. The maximum absolute atomic E-state index is 9.58. The molecule has 1 heterocycles. The standard InChI is InChI=1S/C17H12Cl2N2O2/c18-13-8-12(9-14(19)17(13)22)15-6-7-16(21-20-15)23-10-11-4-2-1-3-5-11/h1-9,22H,10H2. The third-order valence-corrected chi connectivity index (χ3v) is 3.76. The predicted octanol–water partition coefficient (Wildman–Crippen LogP) is 4.74. The first kappa shape index (κ1) is 15.6. The molecule has 3 aromatic rings. The van der Waals surface area contributed by atoms with Crippen molar-refractivity contribution in [1.82, 2.24) is 10.2 Å². The minimum atomic E-state index is -0.146. The molecular formula is C17H12Cl2N2O2. The van der Waals surface area contributed by atoms with E-state index in [1.165, 1.54) is 0 Å². The van der Waals surface area contributed by atoms with E-state index in [1.54, 1.807) is 24.3 Å². The second-order valence-electron chi connectivity index (χ2n) is 4.82. The summed E-state index contributed by atoms with van der Waals surface area (Å²) in [7, 11) is 0. The first-order chi connectivity index (χ1) is 11.1. The van der Waals surface area contributed by atoms with Crippen molar-refractivity contribution < 1.29 is 9.84 Å².